The fourth-order valence-corrected chi connectivity index (χ4v) is 1.54. The van der Waals surface area contributed by atoms with Gasteiger partial charge in [0.2, 0.25) is 5.91 Å². The summed E-state index contributed by atoms with van der Waals surface area (Å²) in [6.07, 6.45) is 3.60. The number of aromatic nitrogens is 1. The zero-order chi connectivity index (χ0) is 11.4. The van der Waals surface area contributed by atoms with Crippen molar-refractivity contribution in [1.29, 1.82) is 0 Å². The van der Waals surface area contributed by atoms with Crippen LogP contribution in [0.1, 0.15) is 6.42 Å². The molecule has 0 bridgehead atoms. The van der Waals surface area contributed by atoms with Crippen LogP contribution >= 0.6 is 0 Å². The quantitative estimate of drug-likeness (QED) is 0.795. The first kappa shape index (κ1) is 10.4. The van der Waals surface area contributed by atoms with Gasteiger partial charge < -0.3 is 5.32 Å². The highest BCUT2D eigenvalue weighted by Crippen LogP contribution is 2.20. The van der Waals surface area contributed by atoms with E-state index in [0.29, 0.717) is 6.42 Å². The molecule has 1 aromatic carbocycles. The van der Waals surface area contributed by atoms with Crippen molar-refractivity contribution in [3.05, 3.63) is 49.2 Å². The van der Waals surface area contributed by atoms with Crippen molar-refractivity contribution in [2.45, 2.75) is 6.42 Å². The Morgan fingerprint density at radius 2 is 2.19 bits per heavy atom. The van der Waals surface area contributed by atoms with E-state index in [-0.39, 0.29) is 5.91 Å². The lowest BCUT2D eigenvalue weighted by molar-refractivity contribution is -0.115. The third-order valence-electron chi connectivity index (χ3n) is 2.24. The van der Waals surface area contributed by atoms with Crippen molar-refractivity contribution in [3.8, 4) is 0 Å². The van der Waals surface area contributed by atoms with Crippen molar-refractivity contribution >= 4 is 22.5 Å². The van der Waals surface area contributed by atoms with Crippen molar-refractivity contribution in [2.24, 2.45) is 0 Å². The highest BCUT2D eigenvalue weighted by atomic mass is 16.1. The Bertz CT molecular complexity index is 529. The van der Waals surface area contributed by atoms with E-state index >= 15 is 0 Å². The first-order valence-electron chi connectivity index (χ1n) is 5.06. The molecular formula is C13H12N2O. The number of anilines is 1. The maximum atomic E-state index is 11.4. The predicted molar refractivity (Wildman–Crippen MR) is 65.2 cm³/mol. The molecule has 1 heterocycles. The number of amides is 1. The maximum absolute atomic E-state index is 11.4. The van der Waals surface area contributed by atoms with Crippen LogP contribution < -0.4 is 5.32 Å². The Balaban J connectivity index is 2.37. The van der Waals surface area contributed by atoms with Crippen LogP contribution in [0, 0.1) is 0 Å². The maximum Gasteiger partial charge on any atom is 0.228 e. The lowest BCUT2D eigenvalue weighted by Gasteiger charge is -2.06. The number of pyridine rings is 1. The van der Waals surface area contributed by atoms with Crippen LogP contribution in [0.3, 0.4) is 0 Å². The number of hydrogen-bond acceptors (Lipinski definition) is 2. The summed E-state index contributed by atoms with van der Waals surface area (Å²) >= 11 is 0. The standard InChI is InChI=1S/C13H12N2O/c1-2-5-12(16)15-11-8-3-6-10-7-4-9-14-13(10)11/h2-4,6-9H,1,5H2,(H,15,16). The molecule has 1 N–H and O–H groups in total. The van der Waals surface area contributed by atoms with Gasteiger partial charge in [-0.25, -0.2) is 0 Å². The molecule has 0 saturated heterocycles. The molecule has 0 aliphatic carbocycles. The average molecular weight is 212 g/mol. The fourth-order valence-electron chi connectivity index (χ4n) is 1.54. The normalized spacial score (nSPS) is 10.0. The van der Waals surface area contributed by atoms with Crippen LogP contribution in [0.5, 0.6) is 0 Å². The smallest absolute Gasteiger partial charge is 0.228 e. The molecule has 2 rings (SSSR count). The molecule has 0 unspecified atom stereocenters. The summed E-state index contributed by atoms with van der Waals surface area (Å²) in [7, 11) is 0. The minimum Gasteiger partial charge on any atom is -0.324 e. The minimum atomic E-state index is -0.0758. The number of benzene rings is 1. The SMILES string of the molecule is C=CCC(=O)Nc1cccc2cccnc12. The number of rotatable bonds is 3. The van der Waals surface area contributed by atoms with Crippen LogP contribution in [0.15, 0.2) is 49.2 Å². The second kappa shape index (κ2) is 4.57. The van der Waals surface area contributed by atoms with Crippen LogP contribution in [-0.4, -0.2) is 10.9 Å². The molecule has 0 aliphatic heterocycles. The van der Waals surface area contributed by atoms with Gasteiger partial charge in [0, 0.05) is 18.0 Å². The number of nitrogens with one attached hydrogen (secondary N) is 1. The Labute approximate surface area is 93.8 Å². The molecule has 0 radical (unpaired) electrons. The monoisotopic (exact) mass is 212 g/mol. The van der Waals surface area contributed by atoms with Crippen LogP contribution in [0.2, 0.25) is 0 Å². The molecule has 80 valence electrons. The van der Waals surface area contributed by atoms with E-state index in [1.165, 1.54) is 0 Å². The number of hydrogen-bond donors (Lipinski definition) is 1. The molecule has 16 heavy (non-hydrogen) atoms. The molecule has 3 heteroatoms. The highest BCUT2D eigenvalue weighted by molar-refractivity contribution is 6.00. The summed E-state index contributed by atoms with van der Waals surface area (Å²) in [4.78, 5) is 15.7. The van der Waals surface area contributed by atoms with Crippen LogP contribution in [0.4, 0.5) is 5.69 Å². The molecular weight excluding hydrogens is 200 g/mol. The number of para-hydroxylation sites is 1. The number of carbonyl (C=O) groups excluding carboxylic acids is 1. The van der Waals surface area contributed by atoms with E-state index in [0.717, 1.165) is 16.6 Å². The molecule has 3 nitrogen and oxygen atoms in total. The average Bonchev–Trinajstić information content (AvgIpc) is 2.30. The van der Waals surface area contributed by atoms with Crippen LogP contribution in [0.25, 0.3) is 10.9 Å². The Hall–Kier alpha value is -2.16. The zero-order valence-corrected chi connectivity index (χ0v) is 8.81. The molecule has 1 amide bonds. The van der Waals surface area contributed by atoms with Gasteiger partial charge in [0.15, 0.2) is 0 Å². The van der Waals surface area contributed by atoms with Gasteiger partial charge in [0.1, 0.15) is 0 Å². The van der Waals surface area contributed by atoms with Crippen molar-refractivity contribution in [3.63, 3.8) is 0 Å². The minimum absolute atomic E-state index is 0.0758. The third-order valence-corrected chi connectivity index (χ3v) is 2.24. The van der Waals surface area contributed by atoms with Gasteiger partial charge >= 0.3 is 0 Å². The topological polar surface area (TPSA) is 42.0 Å². The largest absolute Gasteiger partial charge is 0.324 e. The summed E-state index contributed by atoms with van der Waals surface area (Å²) < 4.78 is 0. The lowest BCUT2D eigenvalue weighted by atomic mass is 10.2. The van der Waals surface area contributed by atoms with Gasteiger partial charge in [0.05, 0.1) is 11.2 Å². The summed E-state index contributed by atoms with van der Waals surface area (Å²) in [5.74, 6) is -0.0758. The fraction of sp³-hybridized carbons (Fsp3) is 0.0769. The molecule has 0 saturated carbocycles. The first-order valence-corrected chi connectivity index (χ1v) is 5.06. The van der Waals surface area contributed by atoms with Gasteiger partial charge in [-0.2, -0.15) is 0 Å². The van der Waals surface area contributed by atoms with E-state index in [4.69, 9.17) is 0 Å². The summed E-state index contributed by atoms with van der Waals surface area (Å²) in [5, 5.41) is 3.83. The first-order chi connectivity index (χ1) is 7.81. The van der Waals surface area contributed by atoms with Gasteiger partial charge in [-0.3, -0.25) is 9.78 Å². The van der Waals surface area contributed by atoms with E-state index in [1.807, 2.05) is 30.3 Å². The van der Waals surface area contributed by atoms with Crippen molar-refractivity contribution in [2.75, 3.05) is 5.32 Å². The number of nitrogens with zero attached hydrogens (tertiary/aromatic N) is 1. The third kappa shape index (κ3) is 2.08. The van der Waals surface area contributed by atoms with Gasteiger partial charge in [-0.15, -0.1) is 6.58 Å². The molecule has 0 spiro atoms. The van der Waals surface area contributed by atoms with Gasteiger partial charge in [-0.1, -0.05) is 24.3 Å². The van der Waals surface area contributed by atoms with E-state index in [9.17, 15) is 4.79 Å². The lowest BCUT2D eigenvalue weighted by Crippen LogP contribution is -2.10. The van der Waals surface area contributed by atoms with Crippen molar-refractivity contribution < 1.29 is 4.79 Å². The molecule has 0 fully saturated rings. The van der Waals surface area contributed by atoms with E-state index in [1.54, 1.807) is 12.3 Å². The Morgan fingerprint density at radius 3 is 3.00 bits per heavy atom. The van der Waals surface area contributed by atoms with Gasteiger partial charge in [0.25, 0.3) is 0 Å². The Morgan fingerprint density at radius 1 is 1.38 bits per heavy atom. The molecule has 2 aromatic rings. The summed E-state index contributed by atoms with van der Waals surface area (Å²) in [6, 6.07) is 9.54. The van der Waals surface area contributed by atoms with E-state index < -0.39 is 0 Å². The Kier molecular flexibility index (Phi) is 2.96. The molecule has 1 aromatic heterocycles. The van der Waals surface area contributed by atoms with Crippen LogP contribution in [-0.2, 0) is 4.79 Å². The second-order valence-corrected chi connectivity index (χ2v) is 3.42. The van der Waals surface area contributed by atoms with Gasteiger partial charge in [-0.05, 0) is 12.1 Å². The predicted octanol–water partition coefficient (Wildman–Crippen LogP) is 2.75. The number of fused-ring (bicyclic) bond motifs is 1. The summed E-state index contributed by atoms with van der Waals surface area (Å²) in [6.45, 7) is 3.53. The zero-order valence-electron chi connectivity index (χ0n) is 8.81. The highest BCUT2D eigenvalue weighted by Gasteiger charge is 2.04. The molecule has 0 atom stereocenters. The van der Waals surface area contributed by atoms with Crippen molar-refractivity contribution in [1.82, 2.24) is 4.98 Å². The second-order valence-electron chi connectivity index (χ2n) is 3.42. The van der Waals surface area contributed by atoms with E-state index in [2.05, 4.69) is 16.9 Å². The number of carbonyl (C=O) groups is 1. The summed E-state index contributed by atoms with van der Waals surface area (Å²) in [5.41, 5.74) is 1.55. The molecule has 0 aliphatic rings.